The molecule has 1 atom stereocenters. The molecule has 12 heavy (non-hydrogen) atoms. The van der Waals surface area contributed by atoms with Gasteiger partial charge < -0.3 is 4.90 Å². The molecule has 0 saturated carbocycles. The van der Waals surface area contributed by atoms with Gasteiger partial charge in [-0.15, -0.1) is 0 Å². The van der Waals surface area contributed by atoms with E-state index >= 15 is 0 Å². The molecule has 0 aromatic rings. The molecule has 70 valence electrons. The Kier molecular flexibility index (Phi) is 2.54. The quantitative estimate of drug-likeness (QED) is 0.589. The molecule has 0 bridgehead atoms. The Morgan fingerprint density at radius 2 is 2.17 bits per heavy atom. The molecule has 0 amide bonds. The standard InChI is InChI=1S/C6H8F4N2/c7-1-2-12-3-5(11-4-12)6(8,9)10/h4-5H,1-3H2. The second-order valence-electron chi connectivity index (χ2n) is 2.51. The number of rotatable bonds is 2. The van der Waals surface area contributed by atoms with Crippen LogP contribution in [0.25, 0.3) is 0 Å². The summed E-state index contributed by atoms with van der Waals surface area (Å²) in [5.41, 5.74) is 0. The molecule has 1 rings (SSSR count). The van der Waals surface area contributed by atoms with E-state index in [0.29, 0.717) is 0 Å². The van der Waals surface area contributed by atoms with Gasteiger partial charge in [0.2, 0.25) is 0 Å². The first kappa shape index (κ1) is 9.28. The summed E-state index contributed by atoms with van der Waals surface area (Å²) in [6.07, 6.45) is -3.25. The van der Waals surface area contributed by atoms with E-state index < -0.39 is 18.9 Å². The summed E-state index contributed by atoms with van der Waals surface area (Å²) in [6.45, 7) is -0.930. The number of hydrogen-bond donors (Lipinski definition) is 0. The van der Waals surface area contributed by atoms with Gasteiger partial charge in [0.25, 0.3) is 0 Å². The van der Waals surface area contributed by atoms with E-state index in [1.807, 2.05) is 0 Å². The zero-order valence-corrected chi connectivity index (χ0v) is 6.18. The van der Waals surface area contributed by atoms with Crippen molar-refractivity contribution in [3.63, 3.8) is 0 Å². The largest absolute Gasteiger partial charge is 0.412 e. The number of hydrogen-bond acceptors (Lipinski definition) is 2. The highest BCUT2D eigenvalue weighted by atomic mass is 19.4. The van der Waals surface area contributed by atoms with Gasteiger partial charge in [0.1, 0.15) is 6.67 Å². The summed E-state index contributed by atoms with van der Waals surface area (Å²) in [6, 6.07) is -1.68. The minimum absolute atomic E-state index is 0.0178. The van der Waals surface area contributed by atoms with Crippen LogP contribution in [0.2, 0.25) is 0 Å². The van der Waals surface area contributed by atoms with Crippen LogP contribution in [0.1, 0.15) is 0 Å². The Morgan fingerprint density at radius 3 is 2.58 bits per heavy atom. The third-order valence-electron chi connectivity index (χ3n) is 1.57. The molecule has 1 heterocycles. The number of nitrogens with zero attached hydrogens (tertiary/aromatic N) is 2. The van der Waals surface area contributed by atoms with Gasteiger partial charge in [-0.2, -0.15) is 13.2 Å². The molecule has 1 aliphatic heterocycles. The second kappa shape index (κ2) is 3.28. The maximum Gasteiger partial charge on any atom is 0.412 e. The van der Waals surface area contributed by atoms with E-state index in [1.54, 1.807) is 0 Å². The van der Waals surface area contributed by atoms with Crippen LogP contribution in [0.4, 0.5) is 17.6 Å². The summed E-state index contributed by atoms with van der Waals surface area (Å²) in [4.78, 5) is 4.44. The number of aliphatic imine (C=N–C) groups is 1. The molecule has 1 aliphatic rings. The average molecular weight is 184 g/mol. The molecule has 0 spiro atoms. The zero-order chi connectivity index (χ0) is 9.19. The smallest absolute Gasteiger partial charge is 0.358 e. The average Bonchev–Trinajstić information content (AvgIpc) is 2.35. The molecular weight excluding hydrogens is 176 g/mol. The molecule has 1 unspecified atom stereocenters. The van der Waals surface area contributed by atoms with E-state index in [9.17, 15) is 17.6 Å². The fourth-order valence-electron chi connectivity index (χ4n) is 0.937. The van der Waals surface area contributed by atoms with Crippen molar-refractivity contribution >= 4 is 6.34 Å². The molecule has 0 fully saturated rings. The Bertz CT molecular complexity index is 177. The summed E-state index contributed by atoms with van der Waals surface area (Å²) >= 11 is 0. The van der Waals surface area contributed by atoms with Crippen LogP contribution < -0.4 is 0 Å². The van der Waals surface area contributed by atoms with Crippen LogP contribution in [-0.2, 0) is 0 Å². The minimum Gasteiger partial charge on any atom is -0.358 e. The molecule has 0 aliphatic carbocycles. The van der Waals surface area contributed by atoms with E-state index in [0.717, 1.165) is 6.34 Å². The fraction of sp³-hybridized carbons (Fsp3) is 0.833. The van der Waals surface area contributed by atoms with Gasteiger partial charge in [-0.25, -0.2) is 4.39 Å². The number of halogens is 4. The van der Waals surface area contributed by atoms with Gasteiger partial charge in [-0.05, 0) is 0 Å². The van der Waals surface area contributed by atoms with Crippen LogP contribution >= 0.6 is 0 Å². The van der Waals surface area contributed by atoms with Crippen molar-refractivity contribution in [3.8, 4) is 0 Å². The molecule has 0 aromatic heterocycles. The fourth-order valence-corrected chi connectivity index (χ4v) is 0.937. The predicted octanol–water partition coefficient (Wildman–Crippen LogP) is 1.23. The van der Waals surface area contributed by atoms with Crippen LogP contribution in [0.5, 0.6) is 0 Å². The highest BCUT2D eigenvalue weighted by Crippen LogP contribution is 2.25. The first-order valence-corrected chi connectivity index (χ1v) is 3.44. The normalized spacial score (nSPS) is 23.7. The van der Waals surface area contributed by atoms with Crippen LogP contribution in [0, 0.1) is 0 Å². The molecule has 0 N–H and O–H groups in total. The van der Waals surface area contributed by atoms with E-state index in [2.05, 4.69) is 4.99 Å². The van der Waals surface area contributed by atoms with Gasteiger partial charge >= 0.3 is 6.18 Å². The van der Waals surface area contributed by atoms with Gasteiger partial charge in [-0.3, -0.25) is 4.99 Å². The van der Waals surface area contributed by atoms with Crippen molar-refractivity contribution in [2.75, 3.05) is 19.8 Å². The van der Waals surface area contributed by atoms with Crippen LogP contribution in [0.15, 0.2) is 4.99 Å². The monoisotopic (exact) mass is 184 g/mol. The molecule has 0 saturated heterocycles. The third-order valence-corrected chi connectivity index (χ3v) is 1.57. The molecule has 0 radical (unpaired) electrons. The zero-order valence-electron chi connectivity index (χ0n) is 6.18. The van der Waals surface area contributed by atoms with Gasteiger partial charge in [0.05, 0.1) is 12.9 Å². The lowest BCUT2D eigenvalue weighted by Crippen LogP contribution is -2.34. The summed E-state index contributed by atoms with van der Waals surface area (Å²) in [7, 11) is 0. The maximum absolute atomic E-state index is 11.9. The second-order valence-corrected chi connectivity index (χ2v) is 2.51. The SMILES string of the molecule is FCCN1C=NC(C(F)(F)F)C1. The summed E-state index contributed by atoms with van der Waals surface area (Å²) < 4.78 is 47.5. The van der Waals surface area contributed by atoms with Gasteiger partial charge in [-0.1, -0.05) is 0 Å². The first-order valence-electron chi connectivity index (χ1n) is 3.44. The lowest BCUT2D eigenvalue weighted by Gasteiger charge is -2.15. The first-order chi connectivity index (χ1) is 5.54. The Balaban J connectivity index is 2.42. The summed E-state index contributed by atoms with van der Waals surface area (Å²) in [5.74, 6) is 0. The van der Waals surface area contributed by atoms with E-state index in [4.69, 9.17) is 0 Å². The van der Waals surface area contributed by atoms with Crippen molar-refractivity contribution in [2.24, 2.45) is 4.99 Å². The van der Waals surface area contributed by atoms with Crippen molar-refractivity contribution in [1.82, 2.24) is 4.90 Å². The predicted molar refractivity (Wildman–Crippen MR) is 35.9 cm³/mol. The highest BCUT2D eigenvalue weighted by Gasteiger charge is 2.42. The molecule has 0 aromatic carbocycles. The summed E-state index contributed by atoms with van der Waals surface area (Å²) in [5, 5.41) is 0. The topological polar surface area (TPSA) is 15.6 Å². The van der Waals surface area contributed by atoms with E-state index in [1.165, 1.54) is 4.90 Å². The van der Waals surface area contributed by atoms with Crippen molar-refractivity contribution in [2.45, 2.75) is 12.2 Å². The van der Waals surface area contributed by atoms with E-state index in [-0.39, 0.29) is 13.1 Å². The highest BCUT2D eigenvalue weighted by molar-refractivity contribution is 5.58. The third kappa shape index (κ3) is 2.09. The molecular formula is C6H8F4N2. The minimum atomic E-state index is -4.30. The maximum atomic E-state index is 11.9. The van der Waals surface area contributed by atoms with Gasteiger partial charge in [0.15, 0.2) is 6.04 Å². The molecule has 6 heteroatoms. The lowest BCUT2D eigenvalue weighted by atomic mass is 10.3. The van der Waals surface area contributed by atoms with Gasteiger partial charge in [0, 0.05) is 6.54 Å². The van der Waals surface area contributed by atoms with Crippen LogP contribution in [-0.4, -0.2) is 43.2 Å². The van der Waals surface area contributed by atoms with Crippen molar-refractivity contribution in [3.05, 3.63) is 0 Å². The van der Waals surface area contributed by atoms with Crippen molar-refractivity contribution in [1.29, 1.82) is 0 Å². The lowest BCUT2D eigenvalue weighted by molar-refractivity contribution is -0.146. The Hall–Kier alpha value is -0.810. The van der Waals surface area contributed by atoms with Crippen molar-refractivity contribution < 1.29 is 17.6 Å². The Morgan fingerprint density at radius 1 is 1.50 bits per heavy atom. The number of alkyl halides is 4. The molecule has 2 nitrogen and oxygen atoms in total. The Labute approximate surface area is 66.9 Å². The van der Waals surface area contributed by atoms with Crippen LogP contribution in [0.3, 0.4) is 0 Å².